The van der Waals surface area contributed by atoms with E-state index in [1.165, 1.54) is 17.4 Å². The predicted octanol–water partition coefficient (Wildman–Crippen LogP) is 3.74. The first-order chi connectivity index (χ1) is 12.7. The van der Waals surface area contributed by atoms with Crippen molar-refractivity contribution in [3.63, 3.8) is 0 Å². The number of allylic oxidation sites excluding steroid dienone is 1. The smallest absolute Gasteiger partial charge is 0.315 e. The van der Waals surface area contributed by atoms with Gasteiger partial charge < -0.3 is 8.98 Å². The van der Waals surface area contributed by atoms with Crippen molar-refractivity contribution in [3.05, 3.63) is 88.0 Å². The molecule has 26 heavy (non-hydrogen) atoms. The molecule has 2 heterocycles. The first-order valence-electron chi connectivity index (χ1n) is 7.98. The van der Waals surface area contributed by atoms with Gasteiger partial charge >= 0.3 is 5.91 Å². The summed E-state index contributed by atoms with van der Waals surface area (Å²) in [4.78, 5) is 29.5. The summed E-state index contributed by atoms with van der Waals surface area (Å²) in [5.41, 5.74) is 1.08. The Labute approximate surface area is 152 Å². The molecule has 0 N–H and O–H groups in total. The molecule has 2 aromatic carbocycles. The summed E-state index contributed by atoms with van der Waals surface area (Å²) >= 11 is 1.40. The second kappa shape index (κ2) is 6.57. The molecule has 0 unspecified atom stereocenters. The molecule has 0 atom stereocenters. The summed E-state index contributed by atoms with van der Waals surface area (Å²) in [6.45, 7) is 4.29. The average Bonchev–Trinajstić information content (AvgIpc) is 2.99. The fourth-order valence-electron chi connectivity index (χ4n) is 2.76. The molecule has 0 fully saturated rings. The van der Waals surface area contributed by atoms with Gasteiger partial charge in [-0.1, -0.05) is 41.7 Å². The van der Waals surface area contributed by atoms with Crippen LogP contribution in [0.1, 0.15) is 10.6 Å². The topological polar surface area (TPSA) is 64.6 Å². The van der Waals surface area contributed by atoms with E-state index in [0.717, 1.165) is 10.2 Å². The van der Waals surface area contributed by atoms with Gasteiger partial charge in [-0.3, -0.25) is 9.59 Å². The van der Waals surface area contributed by atoms with Crippen LogP contribution >= 0.6 is 11.3 Å². The van der Waals surface area contributed by atoms with E-state index in [0.29, 0.717) is 22.3 Å². The van der Waals surface area contributed by atoms with E-state index in [2.05, 4.69) is 11.6 Å². The Bertz CT molecular complexity index is 1280. The van der Waals surface area contributed by atoms with Crippen LogP contribution in [0.5, 0.6) is 0 Å². The first-order valence-corrected chi connectivity index (χ1v) is 8.80. The van der Waals surface area contributed by atoms with Crippen LogP contribution in [0.2, 0.25) is 0 Å². The van der Waals surface area contributed by atoms with E-state index < -0.39 is 5.91 Å². The number of carbonyl (C=O) groups excluding carboxylic acids is 1. The van der Waals surface area contributed by atoms with Crippen molar-refractivity contribution >= 4 is 38.4 Å². The Morgan fingerprint density at radius 3 is 2.81 bits per heavy atom. The van der Waals surface area contributed by atoms with Gasteiger partial charge in [0.1, 0.15) is 5.58 Å². The summed E-state index contributed by atoms with van der Waals surface area (Å²) in [6, 6.07) is 15.8. The predicted molar refractivity (Wildman–Crippen MR) is 102 cm³/mol. The lowest BCUT2D eigenvalue weighted by Crippen LogP contribution is -2.17. The second-order valence-corrected chi connectivity index (χ2v) is 6.65. The number of hydrogen-bond donors (Lipinski definition) is 0. The highest BCUT2D eigenvalue weighted by atomic mass is 32.1. The van der Waals surface area contributed by atoms with Crippen molar-refractivity contribution in [1.82, 2.24) is 4.57 Å². The van der Waals surface area contributed by atoms with Gasteiger partial charge in [-0.25, -0.2) is 0 Å². The number of aromatic nitrogens is 1. The quantitative estimate of drug-likeness (QED) is 0.522. The zero-order chi connectivity index (χ0) is 18.1. The highest BCUT2D eigenvalue weighted by Crippen LogP contribution is 2.17. The van der Waals surface area contributed by atoms with Gasteiger partial charge in [0.25, 0.3) is 0 Å². The summed E-state index contributed by atoms with van der Waals surface area (Å²) in [7, 11) is 0. The van der Waals surface area contributed by atoms with Crippen LogP contribution < -0.4 is 10.2 Å². The Morgan fingerprint density at radius 2 is 1.96 bits per heavy atom. The third kappa shape index (κ3) is 2.80. The number of nitrogens with zero attached hydrogens (tertiary/aromatic N) is 2. The molecule has 0 bridgehead atoms. The van der Waals surface area contributed by atoms with Crippen molar-refractivity contribution in [2.75, 3.05) is 0 Å². The summed E-state index contributed by atoms with van der Waals surface area (Å²) in [5, 5.41) is 0.438. The molecule has 0 aliphatic heterocycles. The molecule has 6 heteroatoms. The Hall–Kier alpha value is -3.25. The molecule has 0 aliphatic rings. The second-order valence-electron chi connectivity index (χ2n) is 5.64. The maximum Gasteiger partial charge on any atom is 0.315 e. The van der Waals surface area contributed by atoms with Crippen molar-refractivity contribution in [1.29, 1.82) is 0 Å². The highest BCUT2D eigenvalue weighted by Gasteiger charge is 2.13. The number of rotatable bonds is 3. The van der Waals surface area contributed by atoms with Gasteiger partial charge in [-0.05, 0) is 24.3 Å². The van der Waals surface area contributed by atoms with Gasteiger partial charge in [0.15, 0.2) is 16.0 Å². The van der Waals surface area contributed by atoms with E-state index in [-0.39, 0.29) is 11.2 Å². The third-order valence-electron chi connectivity index (χ3n) is 3.94. The first kappa shape index (κ1) is 16.2. The Kier molecular flexibility index (Phi) is 4.10. The van der Waals surface area contributed by atoms with Crippen molar-refractivity contribution in [2.24, 2.45) is 4.99 Å². The van der Waals surface area contributed by atoms with Gasteiger partial charge in [0, 0.05) is 12.6 Å². The summed E-state index contributed by atoms with van der Waals surface area (Å²) in [5.74, 6) is -0.659. The van der Waals surface area contributed by atoms with Crippen LogP contribution in [0.4, 0.5) is 0 Å². The fraction of sp³-hybridized carbons (Fsp3) is 0.0500. The van der Waals surface area contributed by atoms with E-state index in [9.17, 15) is 9.59 Å². The number of hydrogen-bond acceptors (Lipinski definition) is 4. The van der Waals surface area contributed by atoms with Crippen molar-refractivity contribution in [3.8, 4) is 0 Å². The SMILES string of the molecule is C=CCn1c(=NC(=O)c2cc(=O)c3ccccc3o2)sc2ccccc21. The molecule has 4 rings (SSSR count). The molecule has 5 nitrogen and oxygen atoms in total. The van der Waals surface area contributed by atoms with E-state index in [1.54, 1.807) is 30.3 Å². The average molecular weight is 362 g/mol. The summed E-state index contributed by atoms with van der Waals surface area (Å²) < 4.78 is 8.50. The zero-order valence-corrected chi connectivity index (χ0v) is 14.5. The maximum atomic E-state index is 12.6. The maximum absolute atomic E-state index is 12.6. The van der Waals surface area contributed by atoms with E-state index in [4.69, 9.17) is 4.42 Å². The molecule has 128 valence electrons. The van der Waals surface area contributed by atoms with Crippen LogP contribution in [-0.2, 0) is 6.54 Å². The molecule has 4 aromatic rings. The van der Waals surface area contributed by atoms with Crippen LogP contribution in [0.25, 0.3) is 21.2 Å². The van der Waals surface area contributed by atoms with Gasteiger partial charge in [-0.2, -0.15) is 4.99 Å². The molecule has 0 radical (unpaired) electrons. The minimum absolute atomic E-state index is 0.0729. The molecule has 1 amide bonds. The molecule has 0 saturated carbocycles. The van der Waals surface area contributed by atoms with Crippen molar-refractivity contribution in [2.45, 2.75) is 6.54 Å². The Balaban J connectivity index is 1.88. The number of thiazole rings is 1. The van der Waals surface area contributed by atoms with Gasteiger partial charge in [0.2, 0.25) is 0 Å². The largest absolute Gasteiger partial charge is 0.451 e. The third-order valence-corrected chi connectivity index (χ3v) is 5.00. The molecular formula is C20H14N2O3S. The lowest BCUT2D eigenvalue weighted by molar-refractivity contribution is 0.0972. The molecular weight excluding hydrogens is 348 g/mol. The van der Waals surface area contributed by atoms with E-state index >= 15 is 0 Å². The minimum atomic E-state index is -0.586. The standard InChI is InChI=1S/C20H14N2O3S/c1-2-11-22-14-8-4-6-10-18(14)26-20(22)21-19(24)17-12-15(23)13-7-3-5-9-16(13)25-17/h2-10,12H,1,11H2. The molecule has 2 aromatic heterocycles. The normalized spacial score (nSPS) is 11.9. The van der Waals surface area contributed by atoms with Gasteiger partial charge in [0.05, 0.1) is 15.6 Å². The van der Waals surface area contributed by atoms with Crippen LogP contribution in [0, 0.1) is 0 Å². The fourth-order valence-corrected chi connectivity index (χ4v) is 3.80. The number of benzene rings is 2. The minimum Gasteiger partial charge on any atom is -0.451 e. The Morgan fingerprint density at radius 1 is 1.19 bits per heavy atom. The lowest BCUT2D eigenvalue weighted by Gasteiger charge is -2.01. The monoisotopic (exact) mass is 362 g/mol. The molecule has 0 saturated heterocycles. The molecule has 0 spiro atoms. The van der Waals surface area contributed by atoms with Crippen LogP contribution in [0.15, 0.2) is 81.5 Å². The zero-order valence-electron chi connectivity index (χ0n) is 13.7. The van der Waals surface area contributed by atoms with Crippen LogP contribution in [-0.4, -0.2) is 10.5 Å². The highest BCUT2D eigenvalue weighted by molar-refractivity contribution is 7.16. The number of amides is 1. The number of para-hydroxylation sites is 2. The van der Waals surface area contributed by atoms with Gasteiger partial charge in [-0.15, -0.1) is 6.58 Å². The van der Waals surface area contributed by atoms with Crippen LogP contribution in [0.3, 0.4) is 0 Å². The summed E-state index contributed by atoms with van der Waals surface area (Å²) in [6.07, 6.45) is 1.75. The van der Waals surface area contributed by atoms with Crippen molar-refractivity contribution < 1.29 is 9.21 Å². The lowest BCUT2D eigenvalue weighted by atomic mass is 10.2. The van der Waals surface area contributed by atoms with E-state index in [1.807, 2.05) is 28.8 Å². The number of carbonyl (C=O) groups is 1. The number of fused-ring (bicyclic) bond motifs is 2. The molecule has 0 aliphatic carbocycles.